The highest BCUT2D eigenvalue weighted by molar-refractivity contribution is 5.78. The minimum Gasteiger partial charge on any atom is -0.463 e. The standard InChI is InChI=1S/C18H23N3O4/c1-2-10-20-14-5-3-4-6-15(14)21(18(20)24)11-9-17(23)25-12-13-7-8-16(22)19-13/h3-6,13H,2,7-12H2,1H3,(H,19,22). The number of aromatic nitrogens is 2. The largest absolute Gasteiger partial charge is 0.463 e. The summed E-state index contributed by atoms with van der Waals surface area (Å²) in [4.78, 5) is 35.7. The maximum atomic E-state index is 12.6. The SMILES string of the molecule is CCCn1c(=O)n(CCC(=O)OCC2CCC(=O)N2)c2ccccc21. The summed E-state index contributed by atoms with van der Waals surface area (Å²) in [5.41, 5.74) is 1.62. The molecule has 1 aliphatic heterocycles. The summed E-state index contributed by atoms with van der Waals surface area (Å²) in [6.45, 7) is 3.15. The van der Waals surface area contributed by atoms with Crippen LogP contribution in [-0.4, -0.2) is 33.7 Å². The van der Waals surface area contributed by atoms with Crippen LogP contribution in [0.3, 0.4) is 0 Å². The van der Waals surface area contributed by atoms with Crippen LogP contribution in [0.2, 0.25) is 0 Å². The second-order valence-corrected chi connectivity index (χ2v) is 6.31. The van der Waals surface area contributed by atoms with Crippen molar-refractivity contribution < 1.29 is 14.3 Å². The molecule has 0 radical (unpaired) electrons. The Morgan fingerprint density at radius 3 is 2.48 bits per heavy atom. The number of nitrogens with one attached hydrogen (secondary N) is 1. The zero-order valence-corrected chi connectivity index (χ0v) is 14.4. The highest BCUT2D eigenvalue weighted by Gasteiger charge is 2.22. The van der Waals surface area contributed by atoms with Gasteiger partial charge in [-0.25, -0.2) is 4.79 Å². The summed E-state index contributed by atoms with van der Waals surface area (Å²) >= 11 is 0. The Balaban J connectivity index is 1.64. The number of carbonyl (C=O) groups is 2. The van der Waals surface area contributed by atoms with Crippen molar-refractivity contribution in [3.8, 4) is 0 Å². The summed E-state index contributed by atoms with van der Waals surface area (Å²) in [7, 11) is 0. The van der Waals surface area contributed by atoms with Gasteiger partial charge in [-0.2, -0.15) is 0 Å². The summed E-state index contributed by atoms with van der Waals surface area (Å²) in [6.07, 6.45) is 2.16. The molecule has 1 aromatic carbocycles. The first-order valence-corrected chi connectivity index (χ1v) is 8.73. The van der Waals surface area contributed by atoms with Gasteiger partial charge in [-0.15, -0.1) is 0 Å². The number of para-hydroxylation sites is 2. The van der Waals surface area contributed by atoms with Gasteiger partial charge in [0.25, 0.3) is 0 Å². The monoisotopic (exact) mass is 345 g/mol. The molecule has 1 aliphatic rings. The van der Waals surface area contributed by atoms with Gasteiger partial charge in [-0.05, 0) is 25.0 Å². The second kappa shape index (κ2) is 7.55. The first kappa shape index (κ1) is 17.3. The van der Waals surface area contributed by atoms with Gasteiger partial charge < -0.3 is 10.1 Å². The lowest BCUT2D eigenvalue weighted by Gasteiger charge is -2.10. The summed E-state index contributed by atoms with van der Waals surface area (Å²) in [5.74, 6) is -0.364. The minimum absolute atomic E-state index is 0.00339. The van der Waals surface area contributed by atoms with E-state index in [1.165, 1.54) is 0 Å². The molecule has 1 atom stereocenters. The fourth-order valence-corrected chi connectivity index (χ4v) is 3.20. The van der Waals surface area contributed by atoms with Gasteiger partial charge in [0.1, 0.15) is 6.61 Å². The number of aryl methyl sites for hydroxylation is 2. The third-order valence-corrected chi connectivity index (χ3v) is 4.44. The first-order valence-electron chi connectivity index (χ1n) is 8.73. The Hall–Kier alpha value is -2.57. The van der Waals surface area contributed by atoms with E-state index in [0.29, 0.717) is 19.4 Å². The number of nitrogens with zero attached hydrogens (tertiary/aromatic N) is 2. The number of imidazole rings is 1. The molecule has 7 heteroatoms. The maximum absolute atomic E-state index is 12.6. The van der Waals surface area contributed by atoms with Crippen molar-refractivity contribution >= 4 is 22.9 Å². The average Bonchev–Trinajstić information content (AvgIpc) is 3.14. The number of rotatable bonds is 7. The van der Waals surface area contributed by atoms with E-state index in [9.17, 15) is 14.4 Å². The number of fused-ring (bicyclic) bond motifs is 1. The van der Waals surface area contributed by atoms with Crippen molar-refractivity contribution in [1.82, 2.24) is 14.5 Å². The number of amides is 1. The van der Waals surface area contributed by atoms with Crippen LogP contribution in [0.1, 0.15) is 32.6 Å². The second-order valence-electron chi connectivity index (χ2n) is 6.31. The van der Waals surface area contributed by atoms with Crippen LogP contribution in [-0.2, 0) is 27.4 Å². The van der Waals surface area contributed by atoms with Gasteiger partial charge in [0.05, 0.1) is 23.5 Å². The molecule has 25 heavy (non-hydrogen) atoms. The van der Waals surface area contributed by atoms with E-state index in [1.807, 2.05) is 31.2 Å². The summed E-state index contributed by atoms with van der Waals surface area (Å²) in [6, 6.07) is 7.51. The highest BCUT2D eigenvalue weighted by Crippen LogP contribution is 2.14. The molecule has 0 aliphatic carbocycles. The van der Waals surface area contributed by atoms with Crippen molar-refractivity contribution in [2.24, 2.45) is 0 Å². The average molecular weight is 345 g/mol. The van der Waals surface area contributed by atoms with Crippen LogP contribution >= 0.6 is 0 Å². The van der Waals surface area contributed by atoms with E-state index in [2.05, 4.69) is 5.32 Å². The third kappa shape index (κ3) is 3.75. The van der Waals surface area contributed by atoms with Crippen molar-refractivity contribution in [3.05, 3.63) is 34.7 Å². The molecule has 1 unspecified atom stereocenters. The summed E-state index contributed by atoms with van der Waals surface area (Å²) in [5, 5.41) is 2.76. The number of esters is 1. The predicted molar refractivity (Wildman–Crippen MR) is 93.2 cm³/mol. The van der Waals surface area contributed by atoms with Gasteiger partial charge in [0, 0.05) is 19.5 Å². The van der Waals surface area contributed by atoms with E-state index in [0.717, 1.165) is 17.5 Å². The molecule has 1 fully saturated rings. The zero-order valence-electron chi connectivity index (χ0n) is 14.4. The summed E-state index contributed by atoms with van der Waals surface area (Å²) < 4.78 is 8.60. The van der Waals surface area contributed by atoms with E-state index in [-0.39, 0.29) is 43.2 Å². The molecule has 2 aromatic rings. The number of hydrogen-bond donors (Lipinski definition) is 1. The minimum atomic E-state index is -0.361. The molecule has 1 aromatic heterocycles. The number of hydrogen-bond acceptors (Lipinski definition) is 4. The molecular weight excluding hydrogens is 322 g/mol. The molecule has 0 spiro atoms. The van der Waals surface area contributed by atoms with Gasteiger partial charge in [-0.3, -0.25) is 18.7 Å². The van der Waals surface area contributed by atoms with E-state index in [4.69, 9.17) is 4.74 Å². The van der Waals surface area contributed by atoms with E-state index in [1.54, 1.807) is 9.13 Å². The zero-order chi connectivity index (χ0) is 17.8. The van der Waals surface area contributed by atoms with Crippen LogP contribution in [0, 0.1) is 0 Å². The van der Waals surface area contributed by atoms with Crippen molar-refractivity contribution in [2.75, 3.05) is 6.61 Å². The molecule has 3 rings (SSSR count). The first-order chi connectivity index (χ1) is 12.1. The molecule has 0 saturated carbocycles. The lowest BCUT2D eigenvalue weighted by atomic mass is 10.2. The van der Waals surface area contributed by atoms with Gasteiger partial charge in [0.15, 0.2) is 0 Å². The smallest absolute Gasteiger partial charge is 0.329 e. The van der Waals surface area contributed by atoms with Crippen LogP contribution in [0.15, 0.2) is 29.1 Å². The van der Waals surface area contributed by atoms with Crippen LogP contribution in [0.25, 0.3) is 11.0 Å². The molecule has 134 valence electrons. The lowest BCUT2D eigenvalue weighted by Crippen LogP contribution is -2.31. The Labute approximate surface area is 145 Å². The third-order valence-electron chi connectivity index (χ3n) is 4.44. The Morgan fingerprint density at radius 2 is 1.88 bits per heavy atom. The maximum Gasteiger partial charge on any atom is 0.329 e. The Bertz CT molecular complexity index is 836. The van der Waals surface area contributed by atoms with Gasteiger partial charge in [0.2, 0.25) is 5.91 Å². The highest BCUT2D eigenvalue weighted by atomic mass is 16.5. The number of benzene rings is 1. The van der Waals surface area contributed by atoms with Crippen molar-refractivity contribution in [3.63, 3.8) is 0 Å². The Kier molecular flexibility index (Phi) is 5.21. The molecule has 1 saturated heterocycles. The predicted octanol–water partition coefficient (Wildman–Crippen LogP) is 1.42. The fourth-order valence-electron chi connectivity index (χ4n) is 3.20. The van der Waals surface area contributed by atoms with Crippen molar-refractivity contribution in [2.45, 2.75) is 51.7 Å². The normalized spacial score (nSPS) is 17.0. The van der Waals surface area contributed by atoms with Crippen LogP contribution < -0.4 is 11.0 Å². The number of ether oxygens (including phenoxy) is 1. The molecule has 1 amide bonds. The lowest BCUT2D eigenvalue weighted by molar-refractivity contribution is -0.144. The quantitative estimate of drug-likeness (QED) is 0.770. The number of carbonyl (C=O) groups excluding carboxylic acids is 2. The van der Waals surface area contributed by atoms with Gasteiger partial charge >= 0.3 is 11.7 Å². The molecule has 0 bridgehead atoms. The molecular formula is C18H23N3O4. The molecule has 7 nitrogen and oxygen atoms in total. The Morgan fingerprint density at radius 1 is 1.20 bits per heavy atom. The van der Waals surface area contributed by atoms with Crippen molar-refractivity contribution in [1.29, 1.82) is 0 Å². The van der Waals surface area contributed by atoms with Crippen LogP contribution in [0.4, 0.5) is 0 Å². The van der Waals surface area contributed by atoms with Gasteiger partial charge in [-0.1, -0.05) is 19.1 Å². The van der Waals surface area contributed by atoms with E-state index < -0.39 is 0 Å². The van der Waals surface area contributed by atoms with Crippen LogP contribution in [0.5, 0.6) is 0 Å². The fraction of sp³-hybridized carbons (Fsp3) is 0.500. The molecule has 1 N–H and O–H groups in total. The van der Waals surface area contributed by atoms with E-state index >= 15 is 0 Å². The topological polar surface area (TPSA) is 82.3 Å². The molecule has 2 heterocycles.